The summed E-state index contributed by atoms with van der Waals surface area (Å²) in [4.78, 5) is 24.4. The average Bonchev–Trinajstić information content (AvgIpc) is 3.09. The summed E-state index contributed by atoms with van der Waals surface area (Å²) in [6, 6.07) is 0. The second-order valence-electron chi connectivity index (χ2n) is 9.15. The number of Topliss-reactive ketones (excluding diaryl/α,β-unsaturated/α-hetero) is 2. The molecule has 0 aromatic heterocycles. The van der Waals surface area contributed by atoms with Gasteiger partial charge in [-0.25, -0.2) is 0 Å². The number of epoxide rings is 1. The van der Waals surface area contributed by atoms with E-state index in [1.807, 2.05) is 0 Å². The van der Waals surface area contributed by atoms with Crippen molar-refractivity contribution in [2.45, 2.75) is 82.8 Å². The molecule has 3 heteroatoms. The Hall–Kier alpha value is -0.700. The number of hydrogen-bond acceptors (Lipinski definition) is 3. The summed E-state index contributed by atoms with van der Waals surface area (Å²) in [5.41, 5.74) is -0.146. The lowest BCUT2D eigenvalue weighted by molar-refractivity contribution is -0.134. The quantitative estimate of drug-likeness (QED) is 0.644. The molecule has 1 saturated heterocycles. The van der Waals surface area contributed by atoms with Gasteiger partial charge in [-0.05, 0) is 62.7 Å². The summed E-state index contributed by atoms with van der Waals surface area (Å²) in [6.07, 6.45) is 8.53. The van der Waals surface area contributed by atoms with E-state index in [2.05, 4.69) is 13.8 Å². The fraction of sp³-hybridized carbons (Fsp3) is 0.895. The highest BCUT2D eigenvalue weighted by Crippen LogP contribution is 2.79. The van der Waals surface area contributed by atoms with Gasteiger partial charge in [0.1, 0.15) is 22.8 Å². The van der Waals surface area contributed by atoms with Crippen molar-refractivity contribution in [3.63, 3.8) is 0 Å². The highest BCUT2D eigenvalue weighted by atomic mass is 16.6. The van der Waals surface area contributed by atoms with Crippen LogP contribution in [0, 0.1) is 22.7 Å². The van der Waals surface area contributed by atoms with Crippen LogP contribution in [0.3, 0.4) is 0 Å². The van der Waals surface area contributed by atoms with Crippen LogP contribution in [0.15, 0.2) is 0 Å². The lowest BCUT2D eigenvalue weighted by atomic mass is 9.45. The maximum Gasteiger partial charge on any atom is 0.141 e. The zero-order chi connectivity index (χ0) is 15.4. The molecule has 0 amide bonds. The van der Waals surface area contributed by atoms with Gasteiger partial charge in [-0.15, -0.1) is 0 Å². The first-order valence-electron chi connectivity index (χ1n) is 9.13. The molecule has 0 radical (unpaired) electrons. The summed E-state index contributed by atoms with van der Waals surface area (Å²) in [7, 11) is 0. The third kappa shape index (κ3) is 1.20. The summed E-state index contributed by atoms with van der Waals surface area (Å²) in [5.74, 6) is 2.01. The number of rotatable bonds is 0. The fourth-order valence-corrected chi connectivity index (χ4v) is 7.35. The van der Waals surface area contributed by atoms with Gasteiger partial charge in [0.05, 0.1) is 5.41 Å². The number of fused-ring (bicyclic) bond motifs is 2. The molecule has 4 saturated carbocycles. The van der Waals surface area contributed by atoms with Gasteiger partial charge in [0.15, 0.2) is 0 Å². The van der Waals surface area contributed by atoms with E-state index < -0.39 is 0 Å². The Morgan fingerprint density at radius 1 is 1.00 bits per heavy atom. The van der Waals surface area contributed by atoms with Gasteiger partial charge in [0.2, 0.25) is 0 Å². The van der Waals surface area contributed by atoms with Gasteiger partial charge in [-0.2, -0.15) is 0 Å². The highest BCUT2D eigenvalue weighted by molar-refractivity contribution is 5.90. The molecule has 0 N–H and O–H groups in total. The molecular formula is C19H26O3. The number of ether oxygens (including phenoxy) is 1. The summed E-state index contributed by atoms with van der Waals surface area (Å²) >= 11 is 0. The molecule has 5 fully saturated rings. The smallest absolute Gasteiger partial charge is 0.141 e. The molecule has 5 aliphatic rings. The van der Waals surface area contributed by atoms with Crippen molar-refractivity contribution in [1.82, 2.24) is 0 Å². The zero-order valence-electron chi connectivity index (χ0n) is 13.7. The maximum absolute atomic E-state index is 12.5. The van der Waals surface area contributed by atoms with Gasteiger partial charge in [0, 0.05) is 19.3 Å². The van der Waals surface area contributed by atoms with Crippen LogP contribution < -0.4 is 0 Å². The van der Waals surface area contributed by atoms with Crippen LogP contribution in [-0.4, -0.2) is 22.8 Å². The first-order chi connectivity index (χ1) is 10.4. The summed E-state index contributed by atoms with van der Waals surface area (Å²) < 4.78 is 6.59. The van der Waals surface area contributed by atoms with Gasteiger partial charge >= 0.3 is 0 Å². The summed E-state index contributed by atoms with van der Waals surface area (Å²) in [6.45, 7) is 4.59. The van der Waals surface area contributed by atoms with Crippen molar-refractivity contribution in [3.8, 4) is 0 Å². The molecule has 2 spiro atoms. The highest BCUT2D eigenvalue weighted by Gasteiger charge is 2.86. The van der Waals surface area contributed by atoms with E-state index in [0.29, 0.717) is 29.8 Å². The standard InChI is InChI=1S/C19H26O3/c1-16-7-4-13(20)11-12(16)3-9-18-14(16)5-8-17(2)15(21)6-10-19(17,18)22-18/h12,14H,3-11H2,1-2H3. The Kier molecular flexibility index (Phi) is 2.30. The lowest BCUT2D eigenvalue weighted by Crippen LogP contribution is -2.58. The molecule has 3 nitrogen and oxygen atoms in total. The molecule has 1 heterocycles. The van der Waals surface area contributed by atoms with E-state index in [1.54, 1.807) is 0 Å². The predicted octanol–water partition coefficient (Wildman–Crippen LogP) is 3.44. The van der Waals surface area contributed by atoms with Crippen molar-refractivity contribution in [3.05, 3.63) is 0 Å². The minimum atomic E-state index is -0.225. The largest absolute Gasteiger partial charge is 0.361 e. The minimum absolute atomic E-state index is 0.0300. The van der Waals surface area contributed by atoms with E-state index in [0.717, 1.165) is 51.4 Å². The fourth-order valence-electron chi connectivity index (χ4n) is 7.35. The SMILES string of the molecule is CC12CCC(=O)CC1CCC13OC14CCC(=O)C4(C)CCC23. The molecule has 4 aliphatic carbocycles. The number of carbonyl (C=O) groups is 2. The Bertz CT molecular complexity index is 597. The van der Waals surface area contributed by atoms with Crippen LogP contribution in [0.1, 0.15) is 71.6 Å². The molecule has 1 aliphatic heterocycles. The molecule has 22 heavy (non-hydrogen) atoms. The normalized spacial score (nSPS) is 59.4. The van der Waals surface area contributed by atoms with Gasteiger partial charge in [-0.1, -0.05) is 6.92 Å². The van der Waals surface area contributed by atoms with Crippen LogP contribution in [-0.2, 0) is 14.3 Å². The minimum Gasteiger partial charge on any atom is -0.361 e. The average molecular weight is 302 g/mol. The Morgan fingerprint density at radius 3 is 2.64 bits per heavy atom. The van der Waals surface area contributed by atoms with Gasteiger partial charge in [0.25, 0.3) is 0 Å². The van der Waals surface area contributed by atoms with E-state index in [9.17, 15) is 9.59 Å². The van der Waals surface area contributed by atoms with E-state index in [1.165, 1.54) is 0 Å². The van der Waals surface area contributed by atoms with Crippen LogP contribution in [0.25, 0.3) is 0 Å². The molecule has 5 rings (SSSR count). The zero-order valence-corrected chi connectivity index (χ0v) is 13.7. The van der Waals surface area contributed by atoms with Crippen molar-refractivity contribution >= 4 is 11.6 Å². The Labute approximate surface area is 132 Å². The van der Waals surface area contributed by atoms with Crippen molar-refractivity contribution < 1.29 is 14.3 Å². The van der Waals surface area contributed by atoms with Crippen molar-refractivity contribution in [2.24, 2.45) is 22.7 Å². The van der Waals surface area contributed by atoms with E-state index in [4.69, 9.17) is 4.74 Å². The Morgan fingerprint density at radius 2 is 1.82 bits per heavy atom. The monoisotopic (exact) mass is 302 g/mol. The molecule has 0 aromatic rings. The van der Waals surface area contributed by atoms with Gasteiger partial charge in [-0.3, -0.25) is 9.59 Å². The third-order valence-electron chi connectivity index (χ3n) is 8.71. The topological polar surface area (TPSA) is 46.7 Å². The lowest BCUT2D eigenvalue weighted by Gasteiger charge is -2.56. The van der Waals surface area contributed by atoms with E-state index >= 15 is 0 Å². The van der Waals surface area contributed by atoms with Crippen LogP contribution in [0.2, 0.25) is 0 Å². The second-order valence-corrected chi connectivity index (χ2v) is 9.15. The van der Waals surface area contributed by atoms with Crippen molar-refractivity contribution in [1.29, 1.82) is 0 Å². The van der Waals surface area contributed by atoms with Crippen LogP contribution in [0.4, 0.5) is 0 Å². The predicted molar refractivity (Wildman–Crippen MR) is 81.3 cm³/mol. The van der Waals surface area contributed by atoms with E-state index in [-0.39, 0.29) is 22.0 Å². The number of hydrogen-bond donors (Lipinski definition) is 0. The Balaban J connectivity index is 1.57. The van der Waals surface area contributed by atoms with Crippen molar-refractivity contribution in [2.75, 3.05) is 0 Å². The molecular weight excluding hydrogens is 276 g/mol. The maximum atomic E-state index is 12.5. The summed E-state index contributed by atoms with van der Waals surface area (Å²) in [5, 5.41) is 0. The first-order valence-corrected chi connectivity index (χ1v) is 9.13. The molecule has 0 aromatic carbocycles. The first kappa shape index (κ1) is 13.7. The second kappa shape index (κ2) is 3.68. The number of carbonyl (C=O) groups excluding carboxylic acids is 2. The molecule has 6 unspecified atom stereocenters. The van der Waals surface area contributed by atoms with Gasteiger partial charge < -0.3 is 4.74 Å². The molecule has 0 bridgehead atoms. The van der Waals surface area contributed by atoms with Crippen LogP contribution >= 0.6 is 0 Å². The molecule has 120 valence electrons. The number of ketones is 2. The third-order valence-corrected chi connectivity index (χ3v) is 8.71. The molecule has 6 atom stereocenters. The van der Waals surface area contributed by atoms with Crippen LogP contribution in [0.5, 0.6) is 0 Å².